The smallest absolute Gasteiger partial charge is 0.387 e. The molecule has 11 heteroatoms. The van der Waals surface area contributed by atoms with Crippen LogP contribution in [0.25, 0.3) is 0 Å². The number of nitrogens with two attached hydrogens (primary N) is 1. The average Bonchev–Trinajstić information content (AvgIpc) is 2.80. The van der Waals surface area contributed by atoms with E-state index >= 15 is 0 Å². The summed E-state index contributed by atoms with van der Waals surface area (Å²) in [6, 6.07) is 2.33. The number of rotatable bonds is 4. The van der Waals surface area contributed by atoms with E-state index in [2.05, 4.69) is 25.6 Å². The van der Waals surface area contributed by atoms with Crippen LogP contribution in [0.4, 0.5) is 20.4 Å². The topological polar surface area (TPSA) is 108 Å². The Balaban J connectivity index is 2.26. The van der Waals surface area contributed by atoms with Crippen molar-refractivity contribution in [3.05, 3.63) is 22.7 Å². The first-order valence-corrected chi connectivity index (χ1v) is 5.84. The molecule has 0 atom stereocenters. The molecule has 0 spiro atoms. The molecule has 0 unspecified atom stereocenters. The van der Waals surface area contributed by atoms with Gasteiger partial charge in [0.2, 0.25) is 5.95 Å². The summed E-state index contributed by atoms with van der Waals surface area (Å²) in [6.07, 6.45) is 0. The fourth-order valence-corrected chi connectivity index (χ4v) is 1.70. The van der Waals surface area contributed by atoms with Crippen molar-refractivity contribution in [1.29, 1.82) is 0 Å². The van der Waals surface area contributed by atoms with E-state index in [1.165, 1.54) is 17.8 Å². The zero-order valence-corrected chi connectivity index (χ0v) is 11.3. The lowest BCUT2D eigenvalue weighted by atomic mass is 10.1. The SMILES string of the molecule is Cn1nnnc1NC(=O)c1ccc(OC(F)F)c(N)c1Cl. The third-order valence-corrected chi connectivity index (χ3v) is 2.85. The summed E-state index contributed by atoms with van der Waals surface area (Å²) in [7, 11) is 1.52. The number of carbonyl (C=O) groups excluding carboxylic acids is 1. The summed E-state index contributed by atoms with van der Waals surface area (Å²) in [6.45, 7) is -3.05. The molecule has 3 N–H and O–H groups in total. The van der Waals surface area contributed by atoms with Crippen molar-refractivity contribution in [3.8, 4) is 5.75 Å². The fraction of sp³-hybridized carbons (Fsp3) is 0.200. The number of benzene rings is 1. The van der Waals surface area contributed by atoms with Gasteiger partial charge < -0.3 is 10.5 Å². The van der Waals surface area contributed by atoms with Crippen LogP contribution in [0.2, 0.25) is 5.02 Å². The molecule has 0 saturated carbocycles. The van der Waals surface area contributed by atoms with Crippen molar-refractivity contribution >= 4 is 29.1 Å². The maximum Gasteiger partial charge on any atom is 0.387 e. The van der Waals surface area contributed by atoms with Gasteiger partial charge in [0.05, 0.1) is 16.3 Å². The second-order valence-corrected chi connectivity index (χ2v) is 4.18. The minimum absolute atomic E-state index is 0.0289. The molecular formula is C10H9ClF2N6O2. The largest absolute Gasteiger partial charge is 0.433 e. The number of halogens is 3. The van der Waals surface area contributed by atoms with Crippen LogP contribution in [0.3, 0.4) is 0 Å². The highest BCUT2D eigenvalue weighted by Gasteiger charge is 2.19. The summed E-state index contributed by atoms with van der Waals surface area (Å²) >= 11 is 5.89. The number of hydrogen-bond acceptors (Lipinski definition) is 6. The van der Waals surface area contributed by atoms with Crippen LogP contribution in [-0.4, -0.2) is 32.7 Å². The average molecular weight is 319 g/mol. The van der Waals surface area contributed by atoms with Crippen molar-refractivity contribution in [2.24, 2.45) is 7.05 Å². The third-order valence-electron chi connectivity index (χ3n) is 2.45. The minimum atomic E-state index is -3.05. The monoisotopic (exact) mass is 318 g/mol. The van der Waals surface area contributed by atoms with Crippen LogP contribution in [-0.2, 0) is 7.05 Å². The van der Waals surface area contributed by atoms with E-state index in [0.717, 1.165) is 6.07 Å². The van der Waals surface area contributed by atoms with Crippen molar-refractivity contribution in [1.82, 2.24) is 20.2 Å². The number of amides is 1. The van der Waals surface area contributed by atoms with E-state index in [1.807, 2.05) is 0 Å². The van der Waals surface area contributed by atoms with E-state index in [4.69, 9.17) is 17.3 Å². The standard InChI is InChI=1S/C10H9ClF2N6O2/c1-19-10(16-17-18-19)15-8(20)4-2-3-5(21-9(12)13)7(14)6(4)11/h2-3,9H,14H2,1H3,(H,15,16,18,20). The van der Waals surface area contributed by atoms with E-state index in [-0.39, 0.29) is 28.0 Å². The highest BCUT2D eigenvalue weighted by atomic mass is 35.5. The molecule has 0 aliphatic carbocycles. The number of aryl methyl sites for hydroxylation is 1. The Kier molecular flexibility index (Phi) is 4.17. The van der Waals surface area contributed by atoms with Crippen LogP contribution >= 0.6 is 11.6 Å². The molecule has 21 heavy (non-hydrogen) atoms. The van der Waals surface area contributed by atoms with Gasteiger partial charge >= 0.3 is 6.61 Å². The van der Waals surface area contributed by atoms with Crippen molar-refractivity contribution < 1.29 is 18.3 Å². The maximum atomic E-state index is 12.2. The van der Waals surface area contributed by atoms with Crippen LogP contribution < -0.4 is 15.8 Å². The number of aromatic nitrogens is 4. The normalized spacial score (nSPS) is 10.7. The van der Waals surface area contributed by atoms with Gasteiger partial charge in [0.1, 0.15) is 0 Å². The number of hydrogen-bond donors (Lipinski definition) is 2. The summed E-state index contributed by atoms with van der Waals surface area (Å²) in [5.41, 5.74) is 5.26. The molecule has 1 aromatic heterocycles. The lowest BCUT2D eigenvalue weighted by Crippen LogP contribution is -2.16. The first kappa shape index (κ1) is 14.9. The van der Waals surface area contributed by atoms with E-state index in [0.29, 0.717) is 0 Å². The van der Waals surface area contributed by atoms with Crippen LogP contribution in [0.5, 0.6) is 5.75 Å². The molecule has 112 valence electrons. The molecule has 0 fully saturated rings. The Morgan fingerprint density at radius 1 is 1.52 bits per heavy atom. The number of carbonyl (C=O) groups is 1. The summed E-state index contributed by atoms with van der Waals surface area (Å²) in [5, 5.41) is 12.6. The number of alkyl halides is 2. The van der Waals surface area contributed by atoms with Crippen LogP contribution in [0.1, 0.15) is 10.4 Å². The van der Waals surface area contributed by atoms with Gasteiger partial charge in [-0.15, -0.1) is 0 Å². The maximum absolute atomic E-state index is 12.2. The summed E-state index contributed by atoms with van der Waals surface area (Å²) in [4.78, 5) is 12.0. The Morgan fingerprint density at radius 2 is 2.24 bits per heavy atom. The molecule has 0 saturated heterocycles. The number of nitrogens with zero attached hydrogens (tertiary/aromatic N) is 4. The number of tetrazole rings is 1. The van der Waals surface area contributed by atoms with Crippen LogP contribution in [0.15, 0.2) is 12.1 Å². The van der Waals surface area contributed by atoms with Gasteiger partial charge in [0, 0.05) is 7.05 Å². The highest BCUT2D eigenvalue weighted by Crippen LogP contribution is 2.33. The molecule has 1 heterocycles. The quantitative estimate of drug-likeness (QED) is 0.823. The molecule has 2 rings (SSSR count). The molecule has 1 amide bonds. The number of ether oxygens (including phenoxy) is 1. The van der Waals surface area contributed by atoms with Crippen molar-refractivity contribution in [2.45, 2.75) is 6.61 Å². The van der Waals surface area contributed by atoms with Gasteiger partial charge in [-0.2, -0.15) is 8.78 Å². The molecular weight excluding hydrogens is 310 g/mol. The van der Waals surface area contributed by atoms with E-state index in [1.54, 1.807) is 0 Å². The molecule has 0 radical (unpaired) electrons. The van der Waals surface area contributed by atoms with E-state index in [9.17, 15) is 13.6 Å². The van der Waals surface area contributed by atoms with Gasteiger partial charge in [0.25, 0.3) is 5.91 Å². The molecule has 0 bridgehead atoms. The zero-order valence-electron chi connectivity index (χ0n) is 10.5. The molecule has 2 aromatic rings. The molecule has 1 aromatic carbocycles. The number of nitrogen functional groups attached to an aromatic ring is 1. The van der Waals surface area contributed by atoms with E-state index < -0.39 is 12.5 Å². The van der Waals surface area contributed by atoms with Gasteiger partial charge in [0.15, 0.2) is 5.75 Å². The zero-order chi connectivity index (χ0) is 15.6. The predicted octanol–water partition coefficient (Wildman–Crippen LogP) is 1.30. The lowest BCUT2D eigenvalue weighted by Gasteiger charge is -2.11. The van der Waals surface area contributed by atoms with Crippen LogP contribution in [0, 0.1) is 0 Å². The Morgan fingerprint density at radius 3 is 2.81 bits per heavy atom. The van der Waals surface area contributed by atoms with Gasteiger partial charge in [-0.25, -0.2) is 4.68 Å². The van der Waals surface area contributed by atoms with Gasteiger partial charge in [-0.1, -0.05) is 16.7 Å². The first-order chi connectivity index (χ1) is 9.90. The van der Waals surface area contributed by atoms with Gasteiger partial charge in [-0.3, -0.25) is 10.1 Å². The van der Waals surface area contributed by atoms with Gasteiger partial charge in [-0.05, 0) is 22.6 Å². The Bertz CT molecular complexity index is 678. The van der Waals surface area contributed by atoms with Crippen molar-refractivity contribution in [3.63, 3.8) is 0 Å². The number of anilines is 2. The summed E-state index contributed by atoms with van der Waals surface area (Å²) < 4.78 is 29.7. The molecule has 8 nitrogen and oxygen atoms in total. The molecule has 0 aliphatic rings. The Hall–Kier alpha value is -2.49. The third kappa shape index (κ3) is 3.16. The lowest BCUT2D eigenvalue weighted by molar-refractivity contribution is -0.0493. The summed E-state index contributed by atoms with van der Waals surface area (Å²) in [5.74, 6) is -0.873. The fourth-order valence-electron chi connectivity index (χ4n) is 1.45. The second kappa shape index (κ2) is 5.87. The minimum Gasteiger partial charge on any atom is -0.433 e. The Labute approximate surface area is 121 Å². The first-order valence-electron chi connectivity index (χ1n) is 5.46. The predicted molar refractivity (Wildman–Crippen MR) is 69.2 cm³/mol. The molecule has 0 aliphatic heterocycles. The highest BCUT2D eigenvalue weighted by molar-refractivity contribution is 6.37. The number of nitrogens with one attached hydrogen (secondary N) is 1. The van der Waals surface area contributed by atoms with Crippen molar-refractivity contribution in [2.75, 3.05) is 11.1 Å². The second-order valence-electron chi connectivity index (χ2n) is 3.80.